The zero-order chi connectivity index (χ0) is 21.0. The Hall–Kier alpha value is -2.71. The van der Waals surface area contributed by atoms with Gasteiger partial charge in [-0.2, -0.15) is 5.10 Å². The van der Waals surface area contributed by atoms with Crippen LogP contribution in [0, 0.1) is 0 Å². The second-order valence-corrected chi connectivity index (χ2v) is 9.08. The van der Waals surface area contributed by atoms with Gasteiger partial charge in [-0.1, -0.05) is 25.0 Å². The van der Waals surface area contributed by atoms with Gasteiger partial charge in [0.1, 0.15) is 10.6 Å². The van der Waals surface area contributed by atoms with Crippen molar-refractivity contribution in [1.82, 2.24) is 19.5 Å². The van der Waals surface area contributed by atoms with Crippen LogP contribution in [0.25, 0.3) is 11.3 Å². The van der Waals surface area contributed by atoms with Crippen LogP contribution in [-0.4, -0.2) is 29.8 Å². The van der Waals surface area contributed by atoms with Gasteiger partial charge in [-0.15, -0.1) is 0 Å². The smallest absolute Gasteiger partial charge is 0.244 e. The number of ether oxygens (including phenoxy) is 1. The van der Waals surface area contributed by atoms with Crippen molar-refractivity contribution in [2.24, 2.45) is 0 Å². The predicted molar refractivity (Wildman–Crippen MR) is 115 cm³/mol. The minimum atomic E-state index is -3.73. The number of sulfonamides is 1. The van der Waals surface area contributed by atoms with Gasteiger partial charge in [0, 0.05) is 18.0 Å². The van der Waals surface area contributed by atoms with Gasteiger partial charge in [0.25, 0.3) is 0 Å². The van der Waals surface area contributed by atoms with Crippen LogP contribution in [0.1, 0.15) is 44.3 Å². The standard InChI is InChI=1S/C22H26N4O3S/c1-2-29-21-9-5-6-10-22(21)30(27,28)24-16-18-15-20(17-11-13-23-14-12-17)26(25-18)19-7-3-4-8-19/h5-6,9-15,19,24H,2-4,7-8,16H2,1H3. The molecule has 30 heavy (non-hydrogen) atoms. The third kappa shape index (κ3) is 4.39. The molecule has 3 aromatic rings. The number of hydrogen-bond donors (Lipinski definition) is 1. The van der Waals surface area contributed by atoms with Crippen molar-refractivity contribution < 1.29 is 13.2 Å². The summed E-state index contributed by atoms with van der Waals surface area (Å²) in [4.78, 5) is 4.23. The molecule has 0 atom stereocenters. The number of hydrogen-bond acceptors (Lipinski definition) is 5. The van der Waals surface area contributed by atoms with E-state index in [0.29, 0.717) is 24.1 Å². The summed E-state index contributed by atoms with van der Waals surface area (Å²) in [7, 11) is -3.73. The number of pyridine rings is 1. The lowest BCUT2D eigenvalue weighted by atomic mass is 10.1. The van der Waals surface area contributed by atoms with Gasteiger partial charge >= 0.3 is 0 Å². The molecule has 0 amide bonds. The van der Waals surface area contributed by atoms with E-state index in [2.05, 4.69) is 14.4 Å². The lowest BCUT2D eigenvalue weighted by Crippen LogP contribution is -2.24. The minimum absolute atomic E-state index is 0.112. The average molecular weight is 427 g/mol. The second-order valence-electron chi connectivity index (χ2n) is 7.34. The molecular formula is C22H26N4O3S. The van der Waals surface area contributed by atoms with Crippen LogP contribution in [0.15, 0.2) is 59.8 Å². The van der Waals surface area contributed by atoms with Crippen LogP contribution in [0.4, 0.5) is 0 Å². The molecule has 7 nitrogen and oxygen atoms in total. The van der Waals surface area contributed by atoms with E-state index in [1.54, 1.807) is 36.7 Å². The van der Waals surface area contributed by atoms with Gasteiger partial charge in [-0.3, -0.25) is 9.67 Å². The normalized spacial score (nSPS) is 14.8. The van der Waals surface area contributed by atoms with E-state index in [-0.39, 0.29) is 11.4 Å². The fourth-order valence-electron chi connectivity index (χ4n) is 3.89. The first kappa shape index (κ1) is 20.6. The van der Waals surface area contributed by atoms with Crippen LogP contribution in [0.3, 0.4) is 0 Å². The van der Waals surface area contributed by atoms with Crippen molar-refractivity contribution in [1.29, 1.82) is 0 Å². The number of para-hydroxylation sites is 1. The maximum Gasteiger partial charge on any atom is 0.244 e. The number of nitrogens with zero attached hydrogens (tertiary/aromatic N) is 3. The highest BCUT2D eigenvalue weighted by Crippen LogP contribution is 2.33. The van der Waals surface area contributed by atoms with Gasteiger partial charge in [0.2, 0.25) is 10.0 Å². The Morgan fingerprint density at radius 1 is 1.13 bits per heavy atom. The molecule has 1 saturated carbocycles. The molecule has 0 aliphatic heterocycles. The van der Waals surface area contributed by atoms with Gasteiger partial charge in [-0.25, -0.2) is 13.1 Å². The topological polar surface area (TPSA) is 86.1 Å². The quantitative estimate of drug-likeness (QED) is 0.590. The summed E-state index contributed by atoms with van der Waals surface area (Å²) >= 11 is 0. The van der Waals surface area contributed by atoms with E-state index < -0.39 is 10.0 Å². The molecule has 8 heteroatoms. The zero-order valence-electron chi connectivity index (χ0n) is 17.0. The average Bonchev–Trinajstić information content (AvgIpc) is 3.43. The fraction of sp³-hybridized carbons (Fsp3) is 0.364. The van der Waals surface area contributed by atoms with Crippen LogP contribution in [-0.2, 0) is 16.6 Å². The van der Waals surface area contributed by atoms with Crippen molar-refractivity contribution in [3.8, 4) is 17.0 Å². The molecule has 4 rings (SSSR count). The molecule has 158 valence electrons. The Kier molecular flexibility index (Phi) is 6.15. The highest BCUT2D eigenvalue weighted by Gasteiger charge is 2.23. The fourth-order valence-corrected chi connectivity index (χ4v) is 5.03. The Morgan fingerprint density at radius 2 is 1.87 bits per heavy atom. The van der Waals surface area contributed by atoms with E-state index in [1.807, 2.05) is 25.1 Å². The SMILES string of the molecule is CCOc1ccccc1S(=O)(=O)NCc1cc(-c2ccncc2)n(C2CCCC2)n1. The van der Waals surface area contributed by atoms with Crippen LogP contribution >= 0.6 is 0 Å². The first-order valence-corrected chi connectivity index (χ1v) is 11.8. The summed E-state index contributed by atoms with van der Waals surface area (Å²) in [6, 6.07) is 12.9. The van der Waals surface area contributed by atoms with Crippen molar-refractivity contribution >= 4 is 10.0 Å². The molecule has 0 spiro atoms. The minimum Gasteiger partial charge on any atom is -0.492 e. The summed E-state index contributed by atoms with van der Waals surface area (Å²) in [5.41, 5.74) is 2.71. The molecule has 1 aliphatic carbocycles. The number of aromatic nitrogens is 3. The summed E-state index contributed by atoms with van der Waals surface area (Å²) < 4.78 is 36.0. The largest absolute Gasteiger partial charge is 0.492 e. The van der Waals surface area contributed by atoms with Gasteiger partial charge < -0.3 is 4.74 Å². The molecule has 2 heterocycles. The van der Waals surface area contributed by atoms with Crippen molar-refractivity contribution in [3.63, 3.8) is 0 Å². The molecule has 2 aromatic heterocycles. The lowest BCUT2D eigenvalue weighted by molar-refractivity contribution is 0.331. The Balaban J connectivity index is 1.59. The molecule has 0 unspecified atom stereocenters. The van der Waals surface area contributed by atoms with Crippen molar-refractivity contribution in [2.45, 2.75) is 50.1 Å². The van der Waals surface area contributed by atoms with E-state index in [0.717, 1.165) is 24.1 Å². The Morgan fingerprint density at radius 3 is 2.60 bits per heavy atom. The van der Waals surface area contributed by atoms with Gasteiger partial charge in [0.15, 0.2) is 0 Å². The predicted octanol–water partition coefficient (Wildman–Crippen LogP) is 3.94. The van der Waals surface area contributed by atoms with Crippen molar-refractivity contribution in [2.75, 3.05) is 6.61 Å². The third-order valence-electron chi connectivity index (χ3n) is 5.31. The maximum absolute atomic E-state index is 12.9. The molecule has 0 radical (unpaired) electrons. The molecule has 0 saturated heterocycles. The molecule has 1 N–H and O–H groups in total. The summed E-state index contributed by atoms with van der Waals surface area (Å²) in [5.74, 6) is 0.349. The van der Waals surface area contributed by atoms with E-state index in [9.17, 15) is 8.42 Å². The summed E-state index contributed by atoms with van der Waals surface area (Å²) in [6.45, 7) is 2.33. The van der Waals surface area contributed by atoms with E-state index in [1.165, 1.54) is 12.8 Å². The summed E-state index contributed by atoms with van der Waals surface area (Å²) in [6.07, 6.45) is 8.08. The number of nitrogens with one attached hydrogen (secondary N) is 1. The molecular weight excluding hydrogens is 400 g/mol. The van der Waals surface area contributed by atoms with Crippen LogP contribution < -0.4 is 9.46 Å². The Bertz CT molecular complexity index is 1090. The molecule has 1 aliphatic rings. The van der Waals surface area contributed by atoms with Gasteiger partial charge in [-0.05, 0) is 50.1 Å². The van der Waals surface area contributed by atoms with Crippen LogP contribution in [0.2, 0.25) is 0 Å². The first-order valence-electron chi connectivity index (χ1n) is 10.3. The molecule has 1 aromatic carbocycles. The number of rotatable bonds is 8. The Labute approximate surface area is 177 Å². The number of benzene rings is 1. The van der Waals surface area contributed by atoms with Crippen LogP contribution in [0.5, 0.6) is 5.75 Å². The summed E-state index contributed by atoms with van der Waals surface area (Å²) in [5, 5.41) is 4.76. The third-order valence-corrected chi connectivity index (χ3v) is 6.76. The second kappa shape index (κ2) is 8.97. The maximum atomic E-state index is 12.9. The highest BCUT2D eigenvalue weighted by atomic mass is 32.2. The molecule has 0 bridgehead atoms. The van der Waals surface area contributed by atoms with Crippen molar-refractivity contribution in [3.05, 3.63) is 60.6 Å². The monoisotopic (exact) mass is 426 g/mol. The highest BCUT2D eigenvalue weighted by molar-refractivity contribution is 7.89. The van der Waals surface area contributed by atoms with E-state index >= 15 is 0 Å². The van der Waals surface area contributed by atoms with Gasteiger partial charge in [0.05, 0.1) is 30.6 Å². The molecule has 1 fully saturated rings. The zero-order valence-corrected chi connectivity index (χ0v) is 17.8. The van der Waals surface area contributed by atoms with E-state index in [4.69, 9.17) is 9.84 Å². The lowest BCUT2D eigenvalue weighted by Gasteiger charge is -2.14. The first-order chi connectivity index (χ1) is 14.6.